The van der Waals surface area contributed by atoms with Gasteiger partial charge in [0.25, 0.3) is 0 Å². The van der Waals surface area contributed by atoms with Gasteiger partial charge in [0.1, 0.15) is 0 Å². The molecule has 3 rings (SSSR count). The Morgan fingerprint density at radius 3 is 2.13 bits per heavy atom. The van der Waals surface area contributed by atoms with Crippen LogP contribution in [0.15, 0.2) is 41.0 Å². The molecule has 10 nitrogen and oxygen atoms in total. The van der Waals surface area contributed by atoms with Crippen LogP contribution in [0.25, 0.3) is 6.08 Å². The maximum absolute atomic E-state index is 12.3. The lowest BCUT2D eigenvalue weighted by Gasteiger charge is -2.12. The van der Waals surface area contributed by atoms with Gasteiger partial charge in [0.05, 0.1) is 33.4 Å². The molecular formula is C20H18N2O8. The highest BCUT2D eigenvalue weighted by molar-refractivity contribution is 6.13. The number of aliphatic imine (C=N–C) groups is 1. The number of carbonyl (C=O) groups is 1. The van der Waals surface area contributed by atoms with Crippen LogP contribution in [0.1, 0.15) is 11.1 Å². The van der Waals surface area contributed by atoms with Gasteiger partial charge in [-0.1, -0.05) is 0 Å². The zero-order valence-corrected chi connectivity index (χ0v) is 16.6. The third kappa shape index (κ3) is 3.88. The van der Waals surface area contributed by atoms with E-state index in [2.05, 4.69) is 4.99 Å². The zero-order valence-electron chi connectivity index (χ0n) is 16.6. The van der Waals surface area contributed by atoms with Crippen LogP contribution in [-0.4, -0.2) is 45.2 Å². The van der Waals surface area contributed by atoms with Gasteiger partial charge < -0.3 is 23.7 Å². The number of nitro benzene ring substituents is 1. The normalized spacial score (nSPS) is 14.2. The minimum absolute atomic E-state index is 0.0118. The summed E-state index contributed by atoms with van der Waals surface area (Å²) in [6.45, 7) is 0. The molecule has 0 aliphatic carbocycles. The molecule has 156 valence electrons. The topological polar surface area (TPSA) is 119 Å². The summed E-state index contributed by atoms with van der Waals surface area (Å²) < 4.78 is 26.0. The number of methoxy groups -OCH3 is 4. The first-order chi connectivity index (χ1) is 14.4. The maximum atomic E-state index is 12.3. The van der Waals surface area contributed by atoms with Crippen LogP contribution in [0.3, 0.4) is 0 Å². The van der Waals surface area contributed by atoms with E-state index in [1.54, 1.807) is 12.1 Å². The molecule has 0 bridgehead atoms. The number of hydrogen-bond acceptors (Lipinski definition) is 9. The Kier molecular flexibility index (Phi) is 5.86. The van der Waals surface area contributed by atoms with Crippen molar-refractivity contribution in [3.8, 4) is 23.0 Å². The predicted octanol–water partition coefficient (Wildman–Crippen LogP) is 2.97. The number of nitrogens with zero attached hydrogens (tertiary/aromatic N) is 2. The first-order valence-corrected chi connectivity index (χ1v) is 8.57. The third-order valence-corrected chi connectivity index (χ3v) is 4.23. The van der Waals surface area contributed by atoms with Crippen molar-refractivity contribution in [2.75, 3.05) is 28.4 Å². The predicted molar refractivity (Wildman–Crippen MR) is 106 cm³/mol. The number of benzene rings is 2. The Balaban J connectivity index is 2.01. The number of rotatable bonds is 7. The smallest absolute Gasteiger partial charge is 0.363 e. The van der Waals surface area contributed by atoms with Gasteiger partial charge in [-0.3, -0.25) is 10.1 Å². The molecule has 2 aromatic rings. The Bertz CT molecular complexity index is 1050. The molecule has 0 aromatic heterocycles. The molecule has 2 aromatic carbocycles. The van der Waals surface area contributed by atoms with E-state index in [9.17, 15) is 14.9 Å². The number of nitro groups is 1. The first-order valence-electron chi connectivity index (χ1n) is 8.57. The lowest BCUT2D eigenvalue weighted by Crippen LogP contribution is -2.06. The summed E-state index contributed by atoms with van der Waals surface area (Å²) in [5.74, 6) is 0.560. The molecule has 0 unspecified atom stereocenters. The highest BCUT2D eigenvalue weighted by atomic mass is 16.6. The van der Waals surface area contributed by atoms with Crippen LogP contribution in [0, 0.1) is 10.1 Å². The summed E-state index contributed by atoms with van der Waals surface area (Å²) in [7, 11) is 5.76. The van der Waals surface area contributed by atoms with E-state index in [1.807, 2.05) is 0 Å². The molecule has 10 heteroatoms. The zero-order chi connectivity index (χ0) is 21.8. The van der Waals surface area contributed by atoms with Crippen LogP contribution in [-0.2, 0) is 9.53 Å². The molecule has 1 aliphatic rings. The van der Waals surface area contributed by atoms with E-state index >= 15 is 0 Å². The van der Waals surface area contributed by atoms with E-state index in [4.69, 9.17) is 23.7 Å². The Labute approximate surface area is 171 Å². The number of cyclic esters (lactones) is 1. The van der Waals surface area contributed by atoms with E-state index in [1.165, 1.54) is 52.7 Å². The van der Waals surface area contributed by atoms with Gasteiger partial charge >= 0.3 is 11.7 Å². The monoisotopic (exact) mass is 414 g/mol. The van der Waals surface area contributed by atoms with Crippen molar-refractivity contribution in [3.05, 3.63) is 57.3 Å². The summed E-state index contributed by atoms with van der Waals surface area (Å²) in [6, 6.07) is 7.44. The van der Waals surface area contributed by atoms with E-state index in [0.29, 0.717) is 22.8 Å². The van der Waals surface area contributed by atoms with Crippen molar-refractivity contribution in [1.29, 1.82) is 0 Å². The molecule has 1 heterocycles. The molecule has 0 saturated heterocycles. The molecule has 0 fully saturated rings. The summed E-state index contributed by atoms with van der Waals surface area (Å²) in [4.78, 5) is 27.1. The fourth-order valence-corrected chi connectivity index (χ4v) is 2.84. The average molecular weight is 414 g/mol. The average Bonchev–Trinajstić information content (AvgIpc) is 3.12. The number of esters is 1. The summed E-state index contributed by atoms with van der Waals surface area (Å²) in [5.41, 5.74) is 0.569. The molecular weight excluding hydrogens is 396 g/mol. The largest absolute Gasteiger partial charge is 0.493 e. The summed E-state index contributed by atoms with van der Waals surface area (Å²) in [5, 5.41) is 11.2. The van der Waals surface area contributed by atoms with Crippen LogP contribution < -0.4 is 18.9 Å². The maximum Gasteiger partial charge on any atom is 0.363 e. The van der Waals surface area contributed by atoms with Crippen molar-refractivity contribution in [3.63, 3.8) is 0 Å². The van der Waals surface area contributed by atoms with Crippen LogP contribution >= 0.6 is 0 Å². The highest BCUT2D eigenvalue weighted by Gasteiger charge is 2.27. The van der Waals surface area contributed by atoms with Crippen LogP contribution in [0.2, 0.25) is 0 Å². The van der Waals surface area contributed by atoms with Gasteiger partial charge in [-0.15, -0.1) is 0 Å². The first kappa shape index (κ1) is 20.6. The molecule has 0 radical (unpaired) electrons. The van der Waals surface area contributed by atoms with Gasteiger partial charge in [-0.2, -0.15) is 0 Å². The van der Waals surface area contributed by atoms with Gasteiger partial charge in [-0.05, 0) is 35.9 Å². The van der Waals surface area contributed by atoms with Crippen LogP contribution in [0.5, 0.6) is 23.0 Å². The van der Waals surface area contributed by atoms with Crippen molar-refractivity contribution < 1.29 is 33.4 Å². The Morgan fingerprint density at radius 2 is 1.60 bits per heavy atom. The summed E-state index contributed by atoms with van der Waals surface area (Å²) in [6.07, 6.45) is 1.48. The second-order valence-corrected chi connectivity index (χ2v) is 5.94. The summed E-state index contributed by atoms with van der Waals surface area (Å²) >= 11 is 0. The molecule has 0 amide bonds. The molecule has 1 aliphatic heterocycles. The number of hydrogen-bond donors (Lipinski definition) is 0. The second kappa shape index (κ2) is 8.52. The third-order valence-electron chi connectivity index (χ3n) is 4.23. The van der Waals surface area contributed by atoms with Gasteiger partial charge in [-0.25, -0.2) is 9.79 Å². The number of ether oxygens (including phenoxy) is 5. The fraction of sp³-hybridized carbons (Fsp3) is 0.200. The van der Waals surface area contributed by atoms with Gasteiger partial charge in [0, 0.05) is 11.6 Å². The number of carbonyl (C=O) groups excluding carboxylic acids is 1. The SMILES string of the molecule is COc1ccc(C2=N/C(=C\c3cc(OC)c(OC)c(OC)c3)C(=O)O2)cc1[N+](=O)[O-]. The van der Waals surface area contributed by atoms with Crippen molar-refractivity contribution in [2.45, 2.75) is 0 Å². The molecule has 0 atom stereocenters. The lowest BCUT2D eigenvalue weighted by atomic mass is 10.1. The van der Waals surface area contributed by atoms with Gasteiger partial charge in [0.15, 0.2) is 22.9 Å². The van der Waals surface area contributed by atoms with Crippen LogP contribution in [0.4, 0.5) is 5.69 Å². The molecule has 0 N–H and O–H groups in total. The fourth-order valence-electron chi connectivity index (χ4n) is 2.84. The minimum Gasteiger partial charge on any atom is -0.493 e. The van der Waals surface area contributed by atoms with Gasteiger partial charge in [0.2, 0.25) is 11.6 Å². The van der Waals surface area contributed by atoms with E-state index in [0.717, 1.165) is 0 Å². The van der Waals surface area contributed by atoms with E-state index < -0.39 is 10.9 Å². The Morgan fingerprint density at radius 1 is 0.967 bits per heavy atom. The van der Waals surface area contributed by atoms with E-state index in [-0.39, 0.29) is 28.6 Å². The minimum atomic E-state index is -0.697. The molecule has 0 saturated carbocycles. The van der Waals surface area contributed by atoms with Crippen molar-refractivity contribution in [1.82, 2.24) is 0 Å². The highest BCUT2D eigenvalue weighted by Crippen LogP contribution is 2.39. The molecule has 30 heavy (non-hydrogen) atoms. The second-order valence-electron chi connectivity index (χ2n) is 5.94. The van der Waals surface area contributed by atoms with Crippen molar-refractivity contribution >= 4 is 23.6 Å². The van der Waals surface area contributed by atoms with Crippen molar-refractivity contribution in [2.24, 2.45) is 4.99 Å². The quantitative estimate of drug-likeness (QED) is 0.294. The lowest BCUT2D eigenvalue weighted by molar-refractivity contribution is -0.385. The standard InChI is InChI=1S/C20H18N2O8/c1-26-15-6-5-12(10-14(15)22(24)25)19-21-13(20(23)30-19)7-11-8-16(27-2)18(29-4)17(9-11)28-3/h5-10H,1-4H3/b13-7-. The molecule has 0 spiro atoms. The Hall–Kier alpha value is -4.08.